The number of anilines is 8. The highest BCUT2D eigenvalue weighted by atomic mass is 15.1. The van der Waals surface area contributed by atoms with Gasteiger partial charge in [-0.3, -0.25) is 0 Å². The van der Waals surface area contributed by atoms with Crippen molar-refractivity contribution in [2.45, 2.75) is 0 Å². The molecule has 0 unspecified atom stereocenters. The minimum atomic E-state index is 1.16. The molecule has 4 heterocycles. The van der Waals surface area contributed by atoms with Crippen molar-refractivity contribution in [3.63, 3.8) is 0 Å². The van der Waals surface area contributed by atoms with Crippen molar-refractivity contribution < 1.29 is 0 Å². The van der Waals surface area contributed by atoms with Crippen LogP contribution in [-0.2, 0) is 0 Å². The summed E-state index contributed by atoms with van der Waals surface area (Å²) in [5.74, 6) is 0. The van der Waals surface area contributed by atoms with E-state index in [9.17, 15) is 0 Å². The molecule has 0 saturated heterocycles. The number of nitrogens with zero attached hydrogens (tertiary/aromatic N) is 8. The number of fused-ring (bicyclic) bond motifs is 12. The second kappa shape index (κ2) is 40.0. The first-order valence-electron chi connectivity index (χ1n) is 49.2. The van der Waals surface area contributed by atoms with Gasteiger partial charge in [-0.2, -0.15) is 0 Å². The quantitative estimate of drug-likeness (QED) is 0.0857. The van der Waals surface area contributed by atoms with Crippen molar-refractivity contribution in [1.29, 1.82) is 0 Å². The summed E-state index contributed by atoms with van der Waals surface area (Å²) in [4.78, 5) is 8.88. The molecule has 0 atom stereocenters. The predicted octanol–water partition coefficient (Wildman–Crippen LogP) is 36.2. The van der Waals surface area contributed by atoms with Crippen LogP contribution in [0.5, 0.6) is 0 Å². The lowest BCUT2D eigenvalue weighted by molar-refractivity contribution is 1.18. The molecular weight excluding hydrogens is 1750 g/mol. The monoisotopic (exact) mass is 1850 g/mol. The van der Waals surface area contributed by atoms with Crippen LogP contribution in [0.2, 0.25) is 0 Å². The summed E-state index contributed by atoms with van der Waals surface area (Å²) in [6, 6.07) is 199. The zero-order valence-electron chi connectivity index (χ0n) is 80.7. The third-order valence-corrected chi connectivity index (χ3v) is 28.1. The molecule has 0 aliphatic heterocycles. The first kappa shape index (κ1) is 89.2. The lowest BCUT2D eigenvalue weighted by Crippen LogP contribution is -2.08. The number of rotatable bonds is 18. The minimum Gasteiger partial charge on any atom is -0.345 e. The highest BCUT2D eigenvalue weighted by Crippen LogP contribution is 2.43. The molecule has 26 rings (SSSR count). The minimum absolute atomic E-state index is 1.16. The van der Waals surface area contributed by atoms with Crippen molar-refractivity contribution in [3.05, 3.63) is 558 Å². The SMILES string of the molecule is CN(c1ccc(-c2ccccc2)cc1)c1ccc(-c2ccc3c(c2)c2ccccc2n3-c2ccccc2)cc1.CN(c1ccc(-c2ccccc2)cc1)c1ccc(-c2ccc3c4ccccc4n(-c4ccccc4)c3c2)cc1.CN(c1ccccc1)c1ccc(-c2ccc3c(c2)c2ccccc2n3-c2ccccc2)cc1.CN(c1ccccc1)c1ccc(-c2ccc3c4ccccc4n(-c4ccccc4)c3c2)cc1. The molecule has 0 N–H and O–H groups in total. The maximum atomic E-state index is 2.37. The first-order chi connectivity index (χ1) is 71.1. The first-order valence-corrected chi connectivity index (χ1v) is 49.2. The molecule has 0 radical (unpaired) electrons. The van der Waals surface area contributed by atoms with Crippen LogP contribution in [0, 0.1) is 0 Å². The van der Waals surface area contributed by atoms with Crippen molar-refractivity contribution in [2.24, 2.45) is 0 Å². The number of aromatic nitrogens is 4. The summed E-state index contributed by atoms with van der Waals surface area (Å²) >= 11 is 0. The number of benzene rings is 22. The Morgan fingerprint density at radius 1 is 0.111 bits per heavy atom. The Bertz CT molecular complexity index is 8950. The van der Waals surface area contributed by atoms with Crippen molar-refractivity contribution in [3.8, 4) is 89.5 Å². The largest absolute Gasteiger partial charge is 0.345 e. The summed E-state index contributed by atoms with van der Waals surface area (Å²) in [5.41, 5.74) is 38.6. The van der Waals surface area contributed by atoms with Crippen LogP contribution in [0.15, 0.2) is 558 Å². The molecule has 8 nitrogen and oxygen atoms in total. The van der Waals surface area contributed by atoms with Crippen LogP contribution in [0.25, 0.3) is 177 Å². The molecule has 26 aromatic rings. The molecule has 0 fully saturated rings. The van der Waals surface area contributed by atoms with Gasteiger partial charge in [-0.1, -0.05) is 352 Å². The maximum Gasteiger partial charge on any atom is 0.0547 e. The van der Waals surface area contributed by atoms with Gasteiger partial charge in [-0.25, -0.2) is 0 Å². The highest BCUT2D eigenvalue weighted by Gasteiger charge is 2.21. The average molecular weight is 1850 g/mol. The van der Waals surface area contributed by atoms with Gasteiger partial charge in [0, 0.05) is 140 Å². The van der Waals surface area contributed by atoms with Crippen LogP contribution in [-0.4, -0.2) is 46.5 Å². The Kier molecular flexibility index (Phi) is 24.8. The molecule has 22 aromatic carbocycles. The summed E-state index contributed by atoms with van der Waals surface area (Å²) in [6.07, 6.45) is 0. The van der Waals surface area contributed by atoms with Crippen LogP contribution in [0.3, 0.4) is 0 Å². The third-order valence-electron chi connectivity index (χ3n) is 28.1. The summed E-state index contributed by atoms with van der Waals surface area (Å²) in [6.45, 7) is 0. The zero-order valence-corrected chi connectivity index (χ0v) is 80.7. The lowest BCUT2D eigenvalue weighted by atomic mass is 10.0. The molecular formula is C136H104N8. The predicted molar refractivity (Wildman–Crippen MR) is 614 cm³/mol. The molecule has 0 saturated carbocycles. The fraction of sp³-hybridized carbons (Fsp3) is 0.0294. The van der Waals surface area contributed by atoms with Crippen LogP contribution >= 0.6 is 0 Å². The van der Waals surface area contributed by atoms with Gasteiger partial charge in [-0.05, 0) is 273 Å². The van der Waals surface area contributed by atoms with Crippen molar-refractivity contribution in [2.75, 3.05) is 47.8 Å². The highest BCUT2D eigenvalue weighted by molar-refractivity contribution is 6.14. The third kappa shape index (κ3) is 17.8. The van der Waals surface area contributed by atoms with Gasteiger partial charge in [0.15, 0.2) is 0 Å². The smallest absolute Gasteiger partial charge is 0.0547 e. The lowest BCUT2D eigenvalue weighted by Gasteiger charge is -2.20. The van der Waals surface area contributed by atoms with Gasteiger partial charge < -0.3 is 37.9 Å². The maximum absolute atomic E-state index is 2.37. The molecule has 688 valence electrons. The van der Waals surface area contributed by atoms with E-state index < -0.39 is 0 Å². The second-order valence-corrected chi connectivity index (χ2v) is 36.6. The van der Waals surface area contributed by atoms with E-state index in [1.165, 1.54) is 199 Å². The molecule has 0 spiro atoms. The van der Waals surface area contributed by atoms with Gasteiger partial charge in [-0.15, -0.1) is 0 Å². The van der Waals surface area contributed by atoms with Crippen molar-refractivity contribution >= 4 is 133 Å². The Hall–Kier alpha value is -18.8. The molecule has 8 heteroatoms. The Morgan fingerprint density at radius 2 is 0.271 bits per heavy atom. The van der Waals surface area contributed by atoms with E-state index in [-0.39, 0.29) is 0 Å². The number of hydrogen-bond donors (Lipinski definition) is 0. The molecule has 4 aromatic heterocycles. The standard InChI is InChI=1S/2C37H28N2.2C31H24N2/c1-38(31-21-16-28(17-22-31)27-10-4-2-5-11-27)32-23-18-29(19-24-32)30-20-25-37-35(26-30)34-14-8-9-15-36(34)39(37)33-12-6-3-7-13-33;1-38(31-21-16-28(17-22-31)27-10-4-2-5-11-27)32-23-18-29(19-24-32)30-20-25-35-34-14-8-9-15-36(34)39(37(35)26-30)33-12-6-3-7-13-33;1-32(25-10-4-2-5-11-25)26-19-16-23(17-20-26)24-18-21-31-29(22-24)28-14-8-9-15-30(28)33(31)27-12-6-3-7-13-27;1-32(25-10-4-2-5-11-25)26-19-16-23(17-20-26)24-18-21-29-28-14-8-9-15-30(28)33(31(29)22-24)27-12-6-3-7-13-27/h2*2-26H,1H3;2*2-22H,1H3. The molecule has 0 aliphatic rings. The van der Waals surface area contributed by atoms with Gasteiger partial charge in [0.1, 0.15) is 0 Å². The molecule has 144 heavy (non-hydrogen) atoms. The average Bonchev–Trinajstić information content (AvgIpc) is 1.61. The topological polar surface area (TPSA) is 32.7 Å². The number of para-hydroxylation sites is 10. The van der Waals surface area contributed by atoms with E-state index in [2.05, 4.69) is 612 Å². The second-order valence-electron chi connectivity index (χ2n) is 36.6. The number of hydrogen-bond acceptors (Lipinski definition) is 4. The van der Waals surface area contributed by atoms with Gasteiger partial charge in [0.2, 0.25) is 0 Å². The fourth-order valence-corrected chi connectivity index (χ4v) is 20.5. The van der Waals surface area contributed by atoms with Gasteiger partial charge in [0.25, 0.3) is 0 Å². The summed E-state index contributed by atoms with van der Waals surface area (Å²) < 4.78 is 9.45. The summed E-state index contributed by atoms with van der Waals surface area (Å²) in [5, 5.41) is 10.2. The molecule has 0 bridgehead atoms. The van der Waals surface area contributed by atoms with E-state index in [4.69, 9.17) is 0 Å². The van der Waals surface area contributed by atoms with E-state index in [0.717, 1.165) is 22.7 Å². The van der Waals surface area contributed by atoms with E-state index in [1.807, 2.05) is 12.1 Å². The van der Waals surface area contributed by atoms with E-state index in [1.54, 1.807) is 0 Å². The zero-order chi connectivity index (χ0) is 96.8. The van der Waals surface area contributed by atoms with Gasteiger partial charge in [0.05, 0.1) is 44.1 Å². The van der Waals surface area contributed by atoms with E-state index in [0.29, 0.717) is 0 Å². The molecule has 0 amide bonds. The van der Waals surface area contributed by atoms with Crippen molar-refractivity contribution in [1.82, 2.24) is 18.3 Å². The van der Waals surface area contributed by atoms with Crippen LogP contribution in [0.4, 0.5) is 45.5 Å². The Balaban J connectivity index is 0.000000107. The van der Waals surface area contributed by atoms with E-state index >= 15 is 0 Å². The fourth-order valence-electron chi connectivity index (χ4n) is 20.5. The summed E-state index contributed by atoms with van der Waals surface area (Å²) in [7, 11) is 8.46. The van der Waals surface area contributed by atoms with Gasteiger partial charge >= 0.3 is 0 Å². The normalized spacial score (nSPS) is 11.2. The Morgan fingerprint density at radius 3 is 0.528 bits per heavy atom. The van der Waals surface area contributed by atoms with Crippen LogP contribution in [0.1, 0.15) is 0 Å². The Labute approximate surface area is 840 Å². The molecule has 0 aliphatic carbocycles. The van der Waals surface area contributed by atoms with Crippen LogP contribution < -0.4 is 19.6 Å².